The van der Waals surface area contributed by atoms with E-state index in [1.807, 2.05) is 0 Å². The minimum absolute atomic E-state index is 0.0249. The average molecular weight is 329 g/mol. The van der Waals surface area contributed by atoms with Gasteiger partial charge in [-0.3, -0.25) is 9.48 Å². The minimum Gasteiger partial charge on any atom is -0.383 e. The van der Waals surface area contributed by atoms with Gasteiger partial charge in [0.2, 0.25) is 5.91 Å². The lowest BCUT2D eigenvalue weighted by Gasteiger charge is -2.22. The molecule has 0 spiro atoms. The molecule has 5 heteroatoms. The van der Waals surface area contributed by atoms with Crippen LogP contribution in [-0.2, 0) is 23.9 Å². The summed E-state index contributed by atoms with van der Waals surface area (Å²) in [5, 5.41) is 17.3. The molecule has 1 aromatic heterocycles. The van der Waals surface area contributed by atoms with Crippen molar-refractivity contribution in [2.24, 2.45) is 7.05 Å². The van der Waals surface area contributed by atoms with E-state index in [0.29, 0.717) is 12.0 Å². The highest BCUT2D eigenvalue weighted by atomic mass is 16.3. The molecule has 0 radical (unpaired) electrons. The summed E-state index contributed by atoms with van der Waals surface area (Å²) in [5.74, 6) is -0.0249. The molecule has 0 bridgehead atoms. The minimum atomic E-state index is -1.11. The van der Waals surface area contributed by atoms with Crippen LogP contribution in [0.1, 0.15) is 42.9 Å². The Bertz CT molecular complexity index is 660. The molecule has 0 saturated carbocycles. The topological polar surface area (TPSA) is 67.2 Å². The van der Waals surface area contributed by atoms with Crippen molar-refractivity contribution in [2.75, 3.05) is 6.54 Å². The van der Waals surface area contributed by atoms with Crippen molar-refractivity contribution >= 4 is 5.91 Å². The number of carbonyl (C=O) groups excluding carboxylic acids is 1. The molecule has 0 aliphatic rings. The third-order valence-corrected chi connectivity index (χ3v) is 4.20. The second kappa shape index (κ2) is 8.11. The van der Waals surface area contributed by atoms with Gasteiger partial charge in [0.25, 0.3) is 0 Å². The van der Waals surface area contributed by atoms with E-state index >= 15 is 0 Å². The van der Waals surface area contributed by atoms with Crippen LogP contribution in [0.5, 0.6) is 0 Å². The first-order valence-corrected chi connectivity index (χ1v) is 8.40. The van der Waals surface area contributed by atoms with E-state index in [1.165, 1.54) is 11.1 Å². The Kier molecular flexibility index (Phi) is 6.15. The second-order valence-electron chi connectivity index (χ2n) is 6.65. The van der Waals surface area contributed by atoms with Crippen LogP contribution in [0.3, 0.4) is 0 Å². The maximum Gasteiger partial charge on any atom is 0.220 e. The number of hydrogen-bond donors (Lipinski definition) is 2. The van der Waals surface area contributed by atoms with Crippen molar-refractivity contribution in [2.45, 2.75) is 45.1 Å². The summed E-state index contributed by atoms with van der Waals surface area (Å²) in [6, 6.07) is 8.51. The fourth-order valence-electron chi connectivity index (χ4n) is 2.53. The van der Waals surface area contributed by atoms with Crippen LogP contribution >= 0.6 is 0 Å². The Hall–Kier alpha value is -2.14. The maximum atomic E-state index is 11.9. The van der Waals surface area contributed by atoms with E-state index in [1.54, 1.807) is 31.0 Å². The second-order valence-corrected chi connectivity index (χ2v) is 6.65. The first-order chi connectivity index (χ1) is 11.4. The smallest absolute Gasteiger partial charge is 0.220 e. The Morgan fingerprint density at radius 2 is 2.00 bits per heavy atom. The zero-order valence-corrected chi connectivity index (χ0v) is 14.7. The van der Waals surface area contributed by atoms with Gasteiger partial charge in [0, 0.05) is 25.2 Å². The summed E-state index contributed by atoms with van der Waals surface area (Å²) in [6.07, 6.45) is 6.67. The van der Waals surface area contributed by atoms with Crippen LogP contribution in [0.15, 0.2) is 36.7 Å². The van der Waals surface area contributed by atoms with Crippen molar-refractivity contribution < 1.29 is 9.90 Å². The number of hydrogen-bond acceptors (Lipinski definition) is 3. The zero-order chi connectivity index (χ0) is 17.6. The molecule has 2 rings (SSSR count). The van der Waals surface area contributed by atoms with Gasteiger partial charge in [-0.2, -0.15) is 5.10 Å². The molecule has 2 aromatic rings. The molecule has 0 aliphatic heterocycles. The molecule has 1 aromatic carbocycles. The Morgan fingerprint density at radius 3 is 2.62 bits per heavy atom. The van der Waals surface area contributed by atoms with Crippen LogP contribution < -0.4 is 5.32 Å². The highest BCUT2D eigenvalue weighted by Gasteiger charge is 2.25. The SMILES string of the molecule is Cc1ccc(CCCCC(=O)NCC(C)(O)c2cnn(C)c2)cc1. The lowest BCUT2D eigenvalue weighted by Crippen LogP contribution is -2.38. The van der Waals surface area contributed by atoms with E-state index in [-0.39, 0.29) is 12.5 Å². The fraction of sp³-hybridized carbons (Fsp3) is 0.474. The number of carbonyl (C=O) groups is 1. The van der Waals surface area contributed by atoms with Crippen LogP contribution in [0.2, 0.25) is 0 Å². The van der Waals surface area contributed by atoms with Crippen molar-refractivity contribution in [1.29, 1.82) is 0 Å². The monoisotopic (exact) mass is 329 g/mol. The van der Waals surface area contributed by atoms with Crippen LogP contribution in [-0.4, -0.2) is 27.3 Å². The number of aromatic nitrogens is 2. The molecule has 24 heavy (non-hydrogen) atoms. The molecule has 2 N–H and O–H groups in total. The summed E-state index contributed by atoms with van der Waals surface area (Å²) in [5.41, 5.74) is 2.16. The molecule has 0 aliphatic carbocycles. The highest BCUT2D eigenvalue weighted by molar-refractivity contribution is 5.75. The summed E-state index contributed by atoms with van der Waals surface area (Å²) in [6.45, 7) is 3.95. The number of rotatable bonds is 8. The van der Waals surface area contributed by atoms with Crippen molar-refractivity contribution in [1.82, 2.24) is 15.1 Å². The summed E-state index contributed by atoms with van der Waals surface area (Å²) < 4.78 is 1.64. The standard InChI is InChI=1S/C19H27N3O2/c1-15-8-10-16(11-9-15)6-4-5-7-18(23)20-14-19(2,24)17-12-21-22(3)13-17/h8-13,24H,4-7,14H2,1-3H3,(H,20,23). The average Bonchev–Trinajstić information content (AvgIpc) is 2.99. The lowest BCUT2D eigenvalue weighted by molar-refractivity contribution is -0.122. The van der Waals surface area contributed by atoms with Gasteiger partial charge in [0.15, 0.2) is 0 Å². The van der Waals surface area contributed by atoms with Gasteiger partial charge in [-0.1, -0.05) is 29.8 Å². The van der Waals surface area contributed by atoms with Crippen LogP contribution in [0, 0.1) is 6.92 Å². The maximum absolute atomic E-state index is 11.9. The molecule has 0 saturated heterocycles. The molecular formula is C19H27N3O2. The van der Waals surface area contributed by atoms with Crippen molar-refractivity contribution in [3.8, 4) is 0 Å². The molecule has 0 fully saturated rings. The lowest BCUT2D eigenvalue weighted by atomic mass is 9.99. The summed E-state index contributed by atoms with van der Waals surface area (Å²) >= 11 is 0. The quantitative estimate of drug-likeness (QED) is 0.731. The number of nitrogens with zero attached hydrogens (tertiary/aromatic N) is 2. The summed E-state index contributed by atoms with van der Waals surface area (Å²) in [4.78, 5) is 11.9. The predicted molar refractivity (Wildman–Crippen MR) is 94.5 cm³/mol. The first kappa shape index (κ1) is 18.2. The van der Waals surface area contributed by atoms with E-state index in [0.717, 1.165) is 19.3 Å². The van der Waals surface area contributed by atoms with Gasteiger partial charge >= 0.3 is 0 Å². The molecule has 1 unspecified atom stereocenters. The molecular weight excluding hydrogens is 302 g/mol. The van der Waals surface area contributed by atoms with E-state index in [2.05, 4.69) is 41.6 Å². The van der Waals surface area contributed by atoms with Gasteiger partial charge in [0.1, 0.15) is 5.60 Å². The zero-order valence-electron chi connectivity index (χ0n) is 14.7. The molecule has 1 amide bonds. The van der Waals surface area contributed by atoms with Gasteiger partial charge < -0.3 is 10.4 Å². The Morgan fingerprint density at radius 1 is 1.29 bits per heavy atom. The molecule has 1 heterocycles. The molecule has 1 atom stereocenters. The molecule has 5 nitrogen and oxygen atoms in total. The predicted octanol–water partition coefficient (Wildman–Crippen LogP) is 2.47. The van der Waals surface area contributed by atoms with Gasteiger partial charge in [0.05, 0.1) is 12.7 Å². The third-order valence-electron chi connectivity index (χ3n) is 4.20. The number of aliphatic hydroxyl groups is 1. The van der Waals surface area contributed by atoms with Gasteiger partial charge in [-0.25, -0.2) is 0 Å². The molecule has 130 valence electrons. The number of amides is 1. The Labute approximate surface area is 143 Å². The van der Waals surface area contributed by atoms with Crippen LogP contribution in [0.4, 0.5) is 0 Å². The highest BCUT2D eigenvalue weighted by Crippen LogP contribution is 2.18. The Balaban J connectivity index is 1.67. The van der Waals surface area contributed by atoms with E-state index in [9.17, 15) is 9.90 Å². The number of nitrogens with one attached hydrogen (secondary N) is 1. The number of aryl methyl sites for hydroxylation is 3. The van der Waals surface area contributed by atoms with E-state index in [4.69, 9.17) is 0 Å². The van der Waals surface area contributed by atoms with Gasteiger partial charge in [-0.05, 0) is 38.7 Å². The number of unbranched alkanes of at least 4 members (excludes halogenated alkanes) is 1. The van der Waals surface area contributed by atoms with Crippen LogP contribution in [0.25, 0.3) is 0 Å². The largest absolute Gasteiger partial charge is 0.383 e. The fourth-order valence-corrected chi connectivity index (χ4v) is 2.53. The summed E-state index contributed by atoms with van der Waals surface area (Å²) in [7, 11) is 1.80. The normalized spacial score (nSPS) is 13.5. The van der Waals surface area contributed by atoms with E-state index < -0.39 is 5.60 Å². The number of benzene rings is 1. The third kappa shape index (κ3) is 5.49. The van der Waals surface area contributed by atoms with Crippen molar-refractivity contribution in [3.05, 3.63) is 53.3 Å². The van der Waals surface area contributed by atoms with Crippen molar-refractivity contribution in [3.63, 3.8) is 0 Å². The first-order valence-electron chi connectivity index (χ1n) is 8.40. The van der Waals surface area contributed by atoms with Gasteiger partial charge in [-0.15, -0.1) is 0 Å².